The topological polar surface area (TPSA) is 74.2 Å². The van der Waals surface area contributed by atoms with Gasteiger partial charge in [-0.15, -0.1) is 0 Å². The van der Waals surface area contributed by atoms with Crippen LogP contribution >= 0.6 is 0 Å². The van der Waals surface area contributed by atoms with Crippen LogP contribution in [0.1, 0.15) is 16.7 Å². The lowest BCUT2D eigenvalue weighted by Gasteiger charge is -2.21. The molecule has 0 saturated carbocycles. The first kappa shape index (κ1) is 16.7. The molecule has 0 unspecified atom stereocenters. The van der Waals surface area contributed by atoms with Gasteiger partial charge >= 0.3 is 5.97 Å². The average molecular weight is 342 g/mol. The van der Waals surface area contributed by atoms with Crippen LogP contribution in [0.25, 0.3) is 11.6 Å². The third-order valence-electron chi connectivity index (χ3n) is 4.03. The molecule has 0 aliphatic carbocycles. The van der Waals surface area contributed by atoms with Crippen LogP contribution in [0.2, 0.25) is 0 Å². The Hall–Kier alpha value is -3.15. The third kappa shape index (κ3) is 2.98. The van der Waals surface area contributed by atoms with Crippen molar-refractivity contribution in [3.8, 4) is 23.0 Å². The number of fused-ring (bicyclic) bond motifs is 1. The van der Waals surface area contributed by atoms with Gasteiger partial charge in [-0.25, -0.2) is 4.79 Å². The smallest absolute Gasteiger partial charge is 0.339 e. The van der Waals surface area contributed by atoms with Gasteiger partial charge in [-0.1, -0.05) is 12.1 Å². The van der Waals surface area contributed by atoms with Crippen molar-refractivity contribution in [1.82, 2.24) is 0 Å². The van der Waals surface area contributed by atoms with Gasteiger partial charge in [0.05, 0.1) is 26.9 Å². The molecule has 1 N–H and O–H groups in total. The van der Waals surface area contributed by atoms with Crippen molar-refractivity contribution in [1.29, 1.82) is 0 Å². The number of esters is 1. The quantitative estimate of drug-likeness (QED) is 0.680. The van der Waals surface area contributed by atoms with Gasteiger partial charge in [0.1, 0.15) is 6.61 Å². The van der Waals surface area contributed by atoms with E-state index in [-0.39, 0.29) is 12.4 Å². The predicted octanol–water partition coefficient (Wildman–Crippen LogP) is 3.02. The fraction of sp³-hybridized carbons (Fsp3) is 0.211. The highest BCUT2D eigenvalue weighted by molar-refractivity contribution is 6.23. The van der Waals surface area contributed by atoms with E-state index in [1.54, 1.807) is 43.5 Å². The van der Waals surface area contributed by atoms with Gasteiger partial charge < -0.3 is 24.1 Å². The minimum Gasteiger partial charge on any atom is -0.504 e. The lowest BCUT2D eigenvalue weighted by atomic mass is 9.95. The van der Waals surface area contributed by atoms with E-state index in [1.165, 1.54) is 14.2 Å². The number of benzene rings is 2. The fourth-order valence-electron chi connectivity index (χ4n) is 2.73. The Morgan fingerprint density at radius 1 is 1.04 bits per heavy atom. The Kier molecular flexibility index (Phi) is 4.52. The molecular weight excluding hydrogens is 324 g/mol. The molecule has 6 nitrogen and oxygen atoms in total. The molecule has 1 aliphatic heterocycles. The summed E-state index contributed by atoms with van der Waals surface area (Å²) < 4.78 is 21.0. The molecule has 0 aromatic heterocycles. The summed E-state index contributed by atoms with van der Waals surface area (Å²) in [4.78, 5) is 12.3. The highest BCUT2D eigenvalue weighted by atomic mass is 16.5. The molecule has 0 amide bonds. The zero-order valence-corrected chi connectivity index (χ0v) is 14.2. The molecule has 0 spiro atoms. The van der Waals surface area contributed by atoms with Crippen LogP contribution in [0.15, 0.2) is 30.3 Å². The number of carbonyl (C=O) groups is 1. The molecule has 2 aromatic rings. The second-order valence-corrected chi connectivity index (χ2v) is 5.40. The number of hydrogen-bond donors (Lipinski definition) is 1. The second-order valence-electron chi connectivity index (χ2n) is 5.40. The molecule has 6 heteroatoms. The Bertz CT molecular complexity index is 853. The van der Waals surface area contributed by atoms with Crippen LogP contribution in [-0.4, -0.2) is 32.4 Å². The van der Waals surface area contributed by atoms with E-state index in [4.69, 9.17) is 18.9 Å². The van der Waals surface area contributed by atoms with Gasteiger partial charge in [0.25, 0.3) is 0 Å². The number of cyclic esters (lactones) is 1. The highest BCUT2D eigenvalue weighted by Gasteiger charge is 2.26. The first-order chi connectivity index (χ1) is 12.1. The van der Waals surface area contributed by atoms with E-state index < -0.39 is 5.97 Å². The zero-order chi connectivity index (χ0) is 18.0. The summed E-state index contributed by atoms with van der Waals surface area (Å²) in [6.45, 7) is 0.149. The third-order valence-corrected chi connectivity index (χ3v) is 4.03. The minimum atomic E-state index is -0.470. The number of aromatic hydroxyl groups is 1. The van der Waals surface area contributed by atoms with Crippen molar-refractivity contribution in [2.24, 2.45) is 0 Å². The Morgan fingerprint density at radius 2 is 1.72 bits per heavy atom. The van der Waals surface area contributed by atoms with E-state index in [0.717, 1.165) is 5.56 Å². The second kappa shape index (κ2) is 6.76. The number of methoxy groups -OCH3 is 3. The Balaban J connectivity index is 2.17. The van der Waals surface area contributed by atoms with E-state index in [9.17, 15) is 9.90 Å². The molecule has 0 fully saturated rings. The molecule has 0 radical (unpaired) electrons. The standard InChI is InChI=1S/C19H18O6/c1-22-15-6-4-5-11(18(15)20)7-14-13-9-17(24-3)16(23-2)8-12(13)10-25-19(14)21/h4-9,20H,10H2,1-3H3/b14-7-. The summed E-state index contributed by atoms with van der Waals surface area (Å²) in [5.41, 5.74) is 2.25. The van der Waals surface area contributed by atoms with E-state index in [0.29, 0.717) is 33.9 Å². The summed E-state index contributed by atoms with van der Waals surface area (Å²) in [5, 5.41) is 10.3. The van der Waals surface area contributed by atoms with Gasteiger partial charge in [-0.05, 0) is 29.8 Å². The van der Waals surface area contributed by atoms with Crippen LogP contribution in [-0.2, 0) is 16.1 Å². The van der Waals surface area contributed by atoms with Crippen molar-refractivity contribution in [3.05, 3.63) is 47.0 Å². The van der Waals surface area contributed by atoms with Gasteiger partial charge in [0, 0.05) is 11.1 Å². The highest BCUT2D eigenvalue weighted by Crippen LogP contribution is 2.39. The number of ether oxygens (including phenoxy) is 4. The first-order valence-corrected chi connectivity index (χ1v) is 7.59. The summed E-state index contributed by atoms with van der Waals surface area (Å²) in [6, 6.07) is 8.57. The number of phenols is 1. The number of hydrogen-bond acceptors (Lipinski definition) is 6. The van der Waals surface area contributed by atoms with Crippen molar-refractivity contribution in [2.75, 3.05) is 21.3 Å². The maximum atomic E-state index is 12.3. The van der Waals surface area contributed by atoms with Crippen molar-refractivity contribution in [3.63, 3.8) is 0 Å². The Labute approximate surface area is 145 Å². The zero-order valence-electron chi connectivity index (χ0n) is 14.2. The summed E-state index contributed by atoms with van der Waals surface area (Å²) in [7, 11) is 4.54. The van der Waals surface area contributed by atoms with Crippen molar-refractivity contribution in [2.45, 2.75) is 6.61 Å². The van der Waals surface area contributed by atoms with Crippen LogP contribution < -0.4 is 14.2 Å². The van der Waals surface area contributed by atoms with Crippen LogP contribution in [0, 0.1) is 0 Å². The lowest BCUT2D eigenvalue weighted by Crippen LogP contribution is -2.15. The van der Waals surface area contributed by atoms with Gasteiger partial charge in [0.2, 0.25) is 0 Å². The monoisotopic (exact) mass is 342 g/mol. The largest absolute Gasteiger partial charge is 0.504 e. The number of carbonyl (C=O) groups excluding carboxylic acids is 1. The van der Waals surface area contributed by atoms with Gasteiger partial charge in [-0.3, -0.25) is 0 Å². The van der Waals surface area contributed by atoms with E-state index in [2.05, 4.69) is 0 Å². The van der Waals surface area contributed by atoms with Crippen molar-refractivity contribution >= 4 is 17.6 Å². The normalized spacial score (nSPS) is 14.7. The van der Waals surface area contributed by atoms with E-state index >= 15 is 0 Å². The SMILES string of the molecule is COc1cc2c(cc1OC)/C(=C/c1cccc(OC)c1O)C(=O)OC2. The molecule has 0 atom stereocenters. The number of para-hydroxylation sites is 1. The molecule has 1 aliphatic rings. The van der Waals surface area contributed by atoms with Gasteiger partial charge in [0.15, 0.2) is 23.0 Å². The molecule has 3 rings (SSSR count). The fourth-order valence-corrected chi connectivity index (χ4v) is 2.73. The average Bonchev–Trinajstić information content (AvgIpc) is 2.64. The Morgan fingerprint density at radius 3 is 2.40 bits per heavy atom. The molecule has 2 aromatic carbocycles. The van der Waals surface area contributed by atoms with Crippen molar-refractivity contribution < 1.29 is 28.8 Å². The predicted molar refractivity (Wildman–Crippen MR) is 91.9 cm³/mol. The maximum absolute atomic E-state index is 12.3. The molecule has 130 valence electrons. The lowest BCUT2D eigenvalue weighted by molar-refractivity contribution is -0.138. The van der Waals surface area contributed by atoms with E-state index in [1.807, 2.05) is 0 Å². The van der Waals surface area contributed by atoms with Crippen LogP contribution in [0.5, 0.6) is 23.0 Å². The molecule has 1 heterocycles. The summed E-state index contributed by atoms with van der Waals surface area (Å²) in [6.07, 6.45) is 1.57. The molecule has 0 bridgehead atoms. The maximum Gasteiger partial charge on any atom is 0.339 e. The first-order valence-electron chi connectivity index (χ1n) is 7.59. The van der Waals surface area contributed by atoms with Crippen LogP contribution in [0.4, 0.5) is 0 Å². The molecule has 25 heavy (non-hydrogen) atoms. The summed E-state index contributed by atoms with van der Waals surface area (Å²) >= 11 is 0. The molecular formula is C19H18O6. The number of rotatable bonds is 4. The molecule has 0 saturated heterocycles. The van der Waals surface area contributed by atoms with Crippen LogP contribution in [0.3, 0.4) is 0 Å². The summed E-state index contributed by atoms with van der Waals surface area (Å²) in [5.74, 6) is 0.880. The minimum absolute atomic E-state index is 0.0436. The number of phenolic OH excluding ortho intramolecular Hbond substituents is 1. The van der Waals surface area contributed by atoms with Gasteiger partial charge in [-0.2, -0.15) is 0 Å².